The van der Waals surface area contributed by atoms with Crippen LogP contribution in [-0.2, 0) is 27.2 Å². The molecular weight excluding hydrogens is 300 g/mol. The SMILES string of the molecule is CCCc1ccc(CCC2(C3CCCC3)CC(=O)CC(=O)O2)cc1. The van der Waals surface area contributed by atoms with E-state index in [1.165, 1.54) is 24.0 Å². The highest BCUT2D eigenvalue weighted by atomic mass is 16.6. The van der Waals surface area contributed by atoms with Crippen molar-refractivity contribution in [2.24, 2.45) is 5.92 Å². The van der Waals surface area contributed by atoms with E-state index in [9.17, 15) is 9.59 Å². The number of benzene rings is 1. The molecule has 0 amide bonds. The van der Waals surface area contributed by atoms with Crippen LogP contribution in [0.1, 0.15) is 69.4 Å². The average Bonchev–Trinajstić information content (AvgIpc) is 3.09. The Labute approximate surface area is 144 Å². The summed E-state index contributed by atoms with van der Waals surface area (Å²) in [4.78, 5) is 24.0. The van der Waals surface area contributed by atoms with E-state index >= 15 is 0 Å². The van der Waals surface area contributed by atoms with Crippen molar-refractivity contribution in [2.45, 2.75) is 76.7 Å². The van der Waals surface area contributed by atoms with Crippen LogP contribution >= 0.6 is 0 Å². The molecule has 2 fully saturated rings. The maximum atomic E-state index is 12.1. The molecule has 2 aliphatic rings. The van der Waals surface area contributed by atoms with Crippen LogP contribution < -0.4 is 0 Å². The lowest BCUT2D eigenvalue weighted by Gasteiger charge is -2.41. The molecule has 0 radical (unpaired) electrons. The Hall–Kier alpha value is -1.64. The molecule has 1 saturated heterocycles. The highest BCUT2D eigenvalue weighted by molar-refractivity contribution is 5.98. The zero-order valence-corrected chi connectivity index (χ0v) is 14.7. The van der Waals surface area contributed by atoms with E-state index in [1.807, 2.05) is 0 Å². The van der Waals surface area contributed by atoms with Crippen LogP contribution in [0.3, 0.4) is 0 Å². The van der Waals surface area contributed by atoms with Gasteiger partial charge in [-0.15, -0.1) is 0 Å². The van der Waals surface area contributed by atoms with Crippen molar-refractivity contribution in [1.29, 1.82) is 0 Å². The quantitative estimate of drug-likeness (QED) is 0.574. The number of carbonyl (C=O) groups is 2. The summed E-state index contributed by atoms with van der Waals surface area (Å²) in [6, 6.07) is 8.75. The molecule has 24 heavy (non-hydrogen) atoms. The molecule has 1 saturated carbocycles. The van der Waals surface area contributed by atoms with Crippen molar-refractivity contribution in [3.05, 3.63) is 35.4 Å². The number of esters is 1. The minimum Gasteiger partial charge on any atom is -0.458 e. The number of carbonyl (C=O) groups excluding carboxylic acids is 2. The molecule has 0 N–H and O–H groups in total. The highest BCUT2D eigenvalue weighted by Crippen LogP contribution is 2.43. The summed E-state index contributed by atoms with van der Waals surface area (Å²) in [5.74, 6) is 0.0814. The van der Waals surface area contributed by atoms with E-state index < -0.39 is 5.60 Å². The molecule has 130 valence electrons. The predicted octanol–water partition coefficient (Wildman–Crippen LogP) is 4.41. The van der Waals surface area contributed by atoms with Gasteiger partial charge in [0.15, 0.2) is 0 Å². The molecule has 3 nitrogen and oxygen atoms in total. The third kappa shape index (κ3) is 3.88. The molecule has 0 spiro atoms. The second kappa shape index (κ2) is 7.50. The predicted molar refractivity (Wildman–Crippen MR) is 93.8 cm³/mol. The number of Topliss-reactive ketones (excluding diaryl/α,β-unsaturated/α-hetero) is 1. The summed E-state index contributed by atoms with van der Waals surface area (Å²) in [7, 11) is 0. The van der Waals surface area contributed by atoms with Crippen LogP contribution in [0, 0.1) is 5.92 Å². The number of ketones is 1. The summed E-state index contributed by atoms with van der Waals surface area (Å²) in [5, 5.41) is 0. The number of aryl methyl sites for hydroxylation is 2. The van der Waals surface area contributed by atoms with Gasteiger partial charge in [-0.3, -0.25) is 9.59 Å². The van der Waals surface area contributed by atoms with E-state index in [0.717, 1.165) is 38.5 Å². The van der Waals surface area contributed by atoms with Gasteiger partial charge in [-0.2, -0.15) is 0 Å². The van der Waals surface area contributed by atoms with Crippen LogP contribution in [0.5, 0.6) is 0 Å². The molecule has 0 bridgehead atoms. The Morgan fingerprint density at radius 2 is 1.67 bits per heavy atom. The largest absolute Gasteiger partial charge is 0.458 e. The first-order chi connectivity index (χ1) is 11.6. The Kier molecular flexibility index (Phi) is 5.37. The first-order valence-electron chi connectivity index (χ1n) is 9.43. The van der Waals surface area contributed by atoms with Crippen LogP contribution in [0.4, 0.5) is 0 Å². The zero-order chi connectivity index (χ0) is 17.0. The summed E-state index contributed by atoms with van der Waals surface area (Å²) < 4.78 is 5.85. The highest BCUT2D eigenvalue weighted by Gasteiger charge is 2.47. The number of hydrogen-bond acceptors (Lipinski definition) is 3. The number of rotatable bonds is 6. The lowest BCUT2D eigenvalue weighted by atomic mass is 9.76. The molecular formula is C21H28O3. The van der Waals surface area contributed by atoms with E-state index in [1.54, 1.807) is 0 Å². The van der Waals surface area contributed by atoms with Crippen LogP contribution in [0.15, 0.2) is 24.3 Å². The minimum atomic E-state index is -0.551. The van der Waals surface area contributed by atoms with Crippen LogP contribution in [0.2, 0.25) is 0 Å². The lowest BCUT2D eigenvalue weighted by Crippen LogP contribution is -2.48. The minimum absolute atomic E-state index is 0.0415. The third-order valence-corrected chi connectivity index (χ3v) is 5.65. The van der Waals surface area contributed by atoms with Gasteiger partial charge in [-0.1, -0.05) is 50.5 Å². The first kappa shape index (κ1) is 17.2. The van der Waals surface area contributed by atoms with Crippen molar-refractivity contribution in [3.8, 4) is 0 Å². The van der Waals surface area contributed by atoms with Gasteiger partial charge in [0.25, 0.3) is 0 Å². The summed E-state index contributed by atoms with van der Waals surface area (Å²) >= 11 is 0. The van der Waals surface area contributed by atoms with Crippen LogP contribution in [0.25, 0.3) is 0 Å². The fourth-order valence-corrected chi connectivity index (χ4v) is 4.40. The third-order valence-electron chi connectivity index (χ3n) is 5.65. The maximum Gasteiger partial charge on any atom is 0.313 e. The van der Waals surface area contributed by atoms with E-state index in [0.29, 0.717) is 12.3 Å². The monoisotopic (exact) mass is 328 g/mol. The van der Waals surface area contributed by atoms with Gasteiger partial charge >= 0.3 is 5.97 Å². The Bertz CT molecular complexity index is 566. The first-order valence-corrected chi connectivity index (χ1v) is 9.43. The second-order valence-electron chi connectivity index (χ2n) is 7.48. The normalized spacial score (nSPS) is 25.0. The molecule has 0 aromatic heterocycles. The maximum absolute atomic E-state index is 12.1. The van der Waals surface area contributed by atoms with Gasteiger partial charge in [0.1, 0.15) is 17.8 Å². The molecule has 1 aliphatic carbocycles. The molecule has 1 atom stereocenters. The van der Waals surface area contributed by atoms with Crippen molar-refractivity contribution >= 4 is 11.8 Å². The van der Waals surface area contributed by atoms with E-state index in [-0.39, 0.29) is 18.2 Å². The average molecular weight is 328 g/mol. The molecule has 1 heterocycles. The number of ether oxygens (including phenoxy) is 1. The molecule has 3 heteroatoms. The topological polar surface area (TPSA) is 43.4 Å². The van der Waals surface area contributed by atoms with Crippen molar-refractivity contribution in [1.82, 2.24) is 0 Å². The van der Waals surface area contributed by atoms with Crippen LogP contribution in [-0.4, -0.2) is 17.4 Å². The van der Waals surface area contributed by atoms with Crippen molar-refractivity contribution < 1.29 is 14.3 Å². The van der Waals surface area contributed by atoms with E-state index in [4.69, 9.17) is 4.74 Å². The summed E-state index contributed by atoms with van der Waals surface area (Å²) in [5.41, 5.74) is 2.08. The van der Waals surface area contributed by atoms with Gasteiger partial charge < -0.3 is 4.74 Å². The van der Waals surface area contributed by atoms with Gasteiger partial charge in [-0.25, -0.2) is 0 Å². The molecule has 1 aromatic rings. The second-order valence-corrected chi connectivity index (χ2v) is 7.48. The Balaban J connectivity index is 1.72. The van der Waals surface area contributed by atoms with Gasteiger partial charge in [0.05, 0.1) is 0 Å². The molecule has 1 unspecified atom stereocenters. The van der Waals surface area contributed by atoms with Gasteiger partial charge in [-0.05, 0) is 49.1 Å². The number of hydrogen-bond donors (Lipinski definition) is 0. The molecule has 3 rings (SSSR count). The standard InChI is InChI=1S/C21H28O3/c1-2-5-16-8-10-17(11-9-16)12-13-21(18-6-3-4-7-18)15-19(22)14-20(23)24-21/h8-11,18H,2-7,12-15H2,1H3. The number of cyclic esters (lactones) is 1. The smallest absolute Gasteiger partial charge is 0.313 e. The van der Waals surface area contributed by atoms with Crippen molar-refractivity contribution in [2.75, 3.05) is 0 Å². The van der Waals surface area contributed by atoms with Gasteiger partial charge in [0.2, 0.25) is 0 Å². The summed E-state index contributed by atoms with van der Waals surface area (Å²) in [6.07, 6.45) is 8.80. The van der Waals surface area contributed by atoms with Gasteiger partial charge in [0, 0.05) is 6.42 Å². The Morgan fingerprint density at radius 1 is 1.04 bits per heavy atom. The van der Waals surface area contributed by atoms with E-state index in [2.05, 4.69) is 31.2 Å². The molecule has 1 aliphatic heterocycles. The fraction of sp³-hybridized carbons (Fsp3) is 0.619. The lowest BCUT2D eigenvalue weighted by molar-refractivity contribution is -0.178. The molecule has 1 aromatic carbocycles. The zero-order valence-electron chi connectivity index (χ0n) is 14.7. The fourth-order valence-electron chi connectivity index (χ4n) is 4.40. The Morgan fingerprint density at radius 3 is 2.25 bits per heavy atom. The summed E-state index contributed by atoms with van der Waals surface area (Å²) in [6.45, 7) is 2.19. The van der Waals surface area contributed by atoms with Crippen molar-refractivity contribution in [3.63, 3.8) is 0 Å².